The summed E-state index contributed by atoms with van der Waals surface area (Å²) < 4.78 is 44.0. The first-order chi connectivity index (χ1) is 14.6. The molecule has 0 bridgehead atoms. The van der Waals surface area contributed by atoms with Gasteiger partial charge in [-0.3, -0.25) is 9.59 Å². The second-order valence-corrected chi connectivity index (χ2v) is 7.36. The number of hydrogen-bond donors (Lipinski definition) is 3. The molecule has 7 nitrogen and oxygen atoms in total. The first-order valence-corrected chi connectivity index (χ1v) is 10.1. The molecule has 2 aromatic carbocycles. The number of phenolic OH excluding ortho intramolecular Hbond substituents is 1. The Kier molecular flexibility index (Phi) is 8.65. The van der Waals surface area contributed by atoms with Crippen molar-refractivity contribution in [2.24, 2.45) is 5.10 Å². The molecule has 0 aromatic heterocycles. The van der Waals surface area contributed by atoms with E-state index in [1.165, 1.54) is 18.3 Å². The van der Waals surface area contributed by atoms with Gasteiger partial charge in [-0.2, -0.15) is 18.3 Å². The van der Waals surface area contributed by atoms with E-state index in [1.54, 1.807) is 19.1 Å². The number of amides is 2. The molecule has 2 amide bonds. The molecule has 0 aliphatic heterocycles. The maximum Gasteiger partial charge on any atom is 0.416 e. The highest BCUT2D eigenvalue weighted by molar-refractivity contribution is 14.1. The van der Waals surface area contributed by atoms with E-state index in [2.05, 4.69) is 15.8 Å². The van der Waals surface area contributed by atoms with Gasteiger partial charge in [0.25, 0.3) is 0 Å². The summed E-state index contributed by atoms with van der Waals surface area (Å²) in [6, 6.07) is 7.41. The number of anilines is 1. The molecule has 0 heterocycles. The minimum atomic E-state index is -4.52. The second kappa shape index (κ2) is 11.0. The highest BCUT2D eigenvalue weighted by Gasteiger charge is 2.30. The molecule has 0 spiro atoms. The number of hydrazone groups is 1. The Morgan fingerprint density at radius 2 is 1.90 bits per heavy atom. The van der Waals surface area contributed by atoms with Crippen LogP contribution in [0.15, 0.2) is 41.5 Å². The van der Waals surface area contributed by atoms with Crippen LogP contribution in [0, 0.1) is 3.57 Å². The van der Waals surface area contributed by atoms with E-state index < -0.39 is 23.6 Å². The van der Waals surface area contributed by atoms with Crippen molar-refractivity contribution in [2.75, 3.05) is 11.9 Å². The number of carbonyl (C=O) groups is 2. The Labute approximate surface area is 189 Å². The first kappa shape index (κ1) is 24.4. The zero-order valence-electron chi connectivity index (χ0n) is 16.3. The Hall–Kier alpha value is -2.83. The third-order valence-corrected chi connectivity index (χ3v) is 4.63. The number of carbonyl (C=O) groups excluding carboxylic acids is 2. The number of nitrogens with zero attached hydrogens (tertiary/aromatic N) is 1. The Balaban J connectivity index is 1.85. The molecule has 31 heavy (non-hydrogen) atoms. The number of benzene rings is 2. The van der Waals surface area contributed by atoms with Gasteiger partial charge in [-0.25, -0.2) is 5.43 Å². The van der Waals surface area contributed by atoms with Gasteiger partial charge in [0.05, 0.1) is 22.0 Å². The van der Waals surface area contributed by atoms with Crippen LogP contribution in [0.1, 0.15) is 30.9 Å². The topological polar surface area (TPSA) is 100 Å². The fourth-order valence-electron chi connectivity index (χ4n) is 2.39. The normalized spacial score (nSPS) is 11.4. The van der Waals surface area contributed by atoms with Gasteiger partial charge < -0.3 is 15.2 Å². The molecule has 3 N–H and O–H groups in total. The number of nitrogens with one attached hydrogen (secondary N) is 2. The number of phenols is 1. The third kappa shape index (κ3) is 7.74. The maximum absolute atomic E-state index is 12.7. The number of hydrogen-bond acceptors (Lipinski definition) is 5. The summed E-state index contributed by atoms with van der Waals surface area (Å²) in [4.78, 5) is 23.7. The lowest BCUT2D eigenvalue weighted by Gasteiger charge is -2.09. The van der Waals surface area contributed by atoms with Crippen molar-refractivity contribution in [3.63, 3.8) is 0 Å². The fourth-order valence-corrected chi connectivity index (χ4v) is 3.02. The van der Waals surface area contributed by atoms with Gasteiger partial charge in [0.15, 0.2) is 11.5 Å². The van der Waals surface area contributed by atoms with Crippen molar-refractivity contribution in [3.8, 4) is 11.5 Å². The zero-order chi connectivity index (χ0) is 23.0. The summed E-state index contributed by atoms with van der Waals surface area (Å²) in [5.74, 6) is -0.856. The van der Waals surface area contributed by atoms with Crippen molar-refractivity contribution < 1.29 is 32.6 Å². The van der Waals surface area contributed by atoms with Gasteiger partial charge in [0.1, 0.15) is 0 Å². The molecule has 166 valence electrons. The Bertz CT molecular complexity index is 981. The van der Waals surface area contributed by atoms with E-state index in [4.69, 9.17) is 4.74 Å². The van der Waals surface area contributed by atoms with Crippen LogP contribution in [0.3, 0.4) is 0 Å². The first-order valence-electron chi connectivity index (χ1n) is 9.04. The van der Waals surface area contributed by atoms with Gasteiger partial charge in [0.2, 0.25) is 11.8 Å². The number of rotatable bonds is 8. The predicted molar refractivity (Wildman–Crippen MR) is 117 cm³/mol. The number of ether oxygens (including phenoxy) is 1. The Morgan fingerprint density at radius 1 is 1.19 bits per heavy atom. The van der Waals surface area contributed by atoms with Crippen molar-refractivity contribution >= 4 is 46.3 Å². The molecule has 0 saturated heterocycles. The van der Waals surface area contributed by atoms with E-state index >= 15 is 0 Å². The van der Waals surface area contributed by atoms with Crippen molar-refractivity contribution in [1.82, 2.24) is 5.43 Å². The van der Waals surface area contributed by atoms with Crippen LogP contribution < -0.4 is 15.5 Å². The maximum atomic E-state index is 12.7. The van der Waals surface area contributed by atoms with Crippen LogP contribution in [0.5, 0.6) is 11.5 Å². The molecule has 0 aliphatic carbocycles. The third-order valence-electron chi connectivity index (χ3n) is 3.81. The largest absolute Gasteiger partial charge is 0.504 e. The predicted octanol–water partition coefficient (Wildman–Crippen LogP) is 4.28. The molecule has 0 saturated carbocycles. The van der Waals surface area contributed by atoms with Crippen molar-refractivity contribution in [3.05, 3.63) is 51.1 Å². The van der Waals surface area contributed by atoms with Crippen LogP contribution in [0.2, 0.25) is 0 Å². The molecule has 0 atom stereocenters. The summed E-state index contributed by atoms with van der Waals surface area (Å²) in [6.45, 7) is 2.14. The van der Waals surface area contributed by atoms with Crippen LogP contribution in [0.25, 0.3) is 0 Å². The quantitative estimate of drug-likeness (QED) is 0.260. The van der Waals surface area contributed by atoms with Gasteiger partial charge in [-0.05, 0) is 65.4 Å². The van der Waals surface area contributed by atoms with E-state index in [0.29, 0.717) is 15.7 Å². The average molecular weight is 549 g/mol. The van der Waals surface area contributed by atoms with Gasteiger partial charge in [-0.15, -0.1) is 0 Å². The average Bonchev–Trinajstić information content (AvgIpc) is 2.70. The number of alkyl halides is 3. The smallest absolute Gasteiger partial charge is 0.416 e. The summed E-state index contributed by atoms with van der Waals surface area (Å²) in [7, 11) is 0. The molecular weight excluding hydrogens is 530 g/mol. The lowest BCUT2D eigenvalue weighted by molar-refractivity contribution is -0.137. The SMILES string of the molecule is CCOc1cc(C=NNC(=O)CCC(=O)Nc2cccc(C(F)(F)F)c2)cc(I)c1O. The molecule has 0 fully saturated rings. The van der Waals surface area contributed by atoms with Crippen molar-refractivity contribution in [2.45, 2.75) is 25.9 Å². The minimum absolute atomic E-state index is 0.00899. The van der Waals surface area contributed by atoms with E-state index in [9.17, 15) is 27.9 Å². The van der Waals surface area contributed by atoms with Crippen LogP contribution in [-0.2, 0) is 15.8 Å². The highest BCUT2D eigenvalue weighted by Crippen LogP contribution is 2.32. The van der Waals surface area contributed by atoms with Crippen LogP contribution in [-0.4, -0.2) is 29.7 Å². The number of halogens is 4. The number of aromatic hydroxyl groups is 1. The standard InChI is InChI=1S/C20H19F3IN3O4/c1-2-31-16-9-12(8-15(24)19(16)30)11-25-27-18(29)7-6-17(28)26-14-5-3-4-13(10-14)20(21,22)23/h3-5,8-11,30H,2,6-7H2,1H3,(H,26,28)(H,27,29). The molecule has 11 heteroatoms. The van der Waals surface area contributed by atoms with Gasteiger partial charge in [0, 0.05) is 18.5 Å². The van der Waals surface area contributed by atoms with Gasteiger partial charge >= 0.3 is 6.18 Å². The molecule has 0 aliphatic rings. The van der Waals surface area contributed by atoms with Crippen LogP contribution in [0.4, 0.5) is 18.9 Å². The zero-order valence-corrected chi connectivity index (χ0v) is 18.5. The lowest BCUT2D eigenvalue weighted by Crippen LogP contribution is -2.20. The molecule has 2 aromatic rings. The van der Waals surface area contributed by atoms with E-state index in [1.807, 2.05) is 22.6 Å². The monoisotopic (exact) mass is 549 g/mol. The van der Waals surface area contributed by atoms with E-state index in [0.717, 1.165) is 12.1 Å². The summed E-state index contributed by atoms with van der Waals surface area (Å²) >= 11 is 1.93. The van der Waals surface area contributed by atoms with E-state index in [-0.39, 0.29) is 30.0 Å². The summed E-state index contributed by atoms with van der Waals surface area (Å²) in [6.07, 6.45) is -3.61. The minimum Gasteiger partial charge on any atom is -0.504 e. The van der Waals surface area contributed by atoms with Crippen LogP contribution >= 0.6 is 22.6 Å². The lowest BCUT2D eigenvalue weighted by atomic mass is 10.2. The molecule has 0 unspecified atom stereocenters. The fraction of sp³-hybridized carbons (Fsp3) is 0.250. The molecule has 0 radical (unpaired) electrons. The molecule has 2 rings (SSSR count). The van der Waals surface area contributed by atoms with Crippen molar-refractivity contribution in [1.29, 1.82) is 0 Å². The summed E-state index contributed by atoms with van der Waals surface area (Å²) in [5.41, 5.74) is 1.95. The summed E-state index contributed by atoms with van der Waals surface area (Å²) in [5, 5.41) is 16.0. The van der Waals surface area contributed by atoms with Gasteiger partial charge in [-0.1, -0.05) is 6.07 Å². The Morgan fingerprint density at radius 3 is 2.58 bits per heavy atom. The molecular formula is C20H19F3IN3O4. The highest BCUT2D eigenvalue weighted by atomic mass is 127. The second-order valence-electron chi connectivity index (χ2n) is 6.20.